The molecule has 0 radical (unpaired) electrons. The van der Waals surface area contributed by atoms with E-state index in [1.165, 1.54) is 13.5 Å². The van der Waals surface area contributed by atoms with E-state index < -0.39 is 12.0 Å². The lowest BCUT2D eigenvalue weighted by Crippen LogP contribution is -3.00. The van der Waals surface area contributed by atoms with Crippen LogP contribution < -0.4 is 17.7 Å². The van der Waals surface area contributed by atoms with Gasteiger partial charge < -0.3 is 36.7 Å². The van der Waals surface area contributed by atoms with Gasteiger partial charge in [0, 0.05) is 24.7 Å². The van der Waals surface area contributed by atoms with E-state index in [4.69, 9.17) is 14.5 Å². The summed E-state index contributed by atoms with van der Waals surface area (Å²) >= 11 is 0. The predicted octanol–water partition coefficient (Wildman–Crippen LogP) is 2.46. The molecule has 41 heavy (non-hydrogen) atoms. The summed E-state index contributed by atoms with van der Waals surface area (Å²) in [4.78, 5) is 45.1. The van der Waals surface area contributed by atoms with Crippen LogP contribution in [-0.4, -0.2) is 65.3 Å². The Morgan fingerprint density at radius 1 is 1.00 bits per heavy atom. The van der Waals surface area contributed by atoms with Crippen LogP contribution in [0, 0.1) is 5.92 Å². The number of nitrogens with zero attached hydrogens (tertiary/aromatic N) is 3. The van der Waals surface area contributed by atoms with Gasteiger partial charge in [0.15, 0.2) is 0 Å². The standard InChI is InChI=1S/C31H38N4O5.ClH/c1-3-40-31(38)34-19-17-24(18-20-34)32-29(36)27(21-9-5-4-6-10-21)35-26-12-8-7-11-25(26)33-28(35)22-13-15-23(16-14-22)30(37)39-2;/h7-8,11-16,21,24,27H,3-6,9-10,17-20H2,1-2H3,(H,32,36);1H. The summed E-state index contributed by atoms with van der Waals surface area (Å²) in [5.74, 6) is 0.491. The SMILES string of the molecule is CCOC(=O)N1CCC(NC(=O)C(C2CCCCC2)n2c(-c3ccc(C(=O)OC)cc3)nc3ccccc32)CC1.[Cl-].[H+]. The first-order valence-electron chi connectivity index (χ1n) is 14.4. The summed E-state index contributed by atoms with van der Waals surface area (Å²) in [6.45, 7) is 3.27. The third-order valence-corrected chi connectivity index (χ3v) is 8.17. The van der Waals surface area contributed by atoms with Crippen molar-refractivity contribution in [2.45, 2.75) is 64.0 Å². The van der Waals surface area contributed by atoms with Crippen molar-refractivity contribution >= 4 is 29.0 Å². The smallest absolute Gasteiger partial charge is 1.00 e. The van der Waals surface area contributed by atoms with E-state index in [0.717, 1.165) is 42.3 Å². The number of carbonyl (C=O) groups is 3. The largest absolute Gasteiger partial charge is 1.00 e. The minimum absolute atomic E-state index is 0. The number of amides is 2. The second-order valence-corrected chi connectivity index (χ2v) is 10.7. The highest BCUT2D eigenvalue weighted by atomic mass is 35.5. The Hall–Kier alpha value is -3.59. The minimum atomic E-state index is -0.425. The lowest BCUT2D eigenvalue weighted by molar-refractivity contribution is -0.127. The molecule has 1 aliphatic heterocycles. The number of hydrogen-bond acceptors (Lipinski definition) is 6. The second-order valence-electron chi connectivity index (χ2n) is 10.7. The summed E-state index contributed by atoms with van der Waals surface area (Å²) in [6.07, 6.45) is 6.43. The fraction of sp³-hybridized carbons (Fsp3) is 0.484. The van der Waals surface area contributed by atoms with Gasteiger partial charge in [-0.1, -0.05) is 43.5 Å². The van der Waals surface area contributed by atoms with Crippen LogP contribution in [0.3, 0.4) is 0 Å². The Bertz CT molecular complexity index is 1350. The molecule has 0 spiro atoms. The topological polar surface area (TPSA) is 103 Å². The molecule has 2 heterocycles. The lowest BCUT2D eigenvalue weighted by Gasteiger charge is -2.35. The maximum Gasteiger partial charge on any atom is 1.00 e. The maximum atomic E-state index is 14.2. The fourth-order valence-electron chi connectivity index (χ4n) is 6.10. The van der Waals surface area contributed by atoms with Gasteiger partial charge in [0.25, 0.3) is 0 Å². The van der Waals surface area contributed by atoms with Crippen molar-refractivity contribution in [2.24, 2.45) is 5.92 Å². The molecule has 1 aromatic heterocycles. The third kappa shape index (κ3) is 6.67. The van der Waals surface area contributed by atoms with Gasteiger partial charge in [-0.25, -0.2) is 14.6 Å². The van der Waals surface area contributed by atoms with E-state index in [0.29, 0.717) is 43.9 Å². The number of piperidine rings is 1. The highest BCUT2D eigenvalue weighted by Crippen LogP contribution is 2.38. The molecule has 2 aromatic carbocycles. The number of fused-ring (bicyclic) bond motifs is 1. The van der Waals surface area contributed by atoms with Crippen LogP contribution in [0.2, 0.25) is 0 Å². The van der Waals surface area contributed by atoms with Crippen molar-refractivity contribution < 1.29 is 37.7 Å². The molecule has 10 heteroatoms. The number of likely N-dealkylation sites (tertiary alicyclic amines) is 1. The molecule has 1 N–H and O–H groups in total. The van der Waals surface area contributed by atoms with Crippen LogP contribution in [0.25, 0.3) is 22.4 Å². The number of aromatic nitrogens is 2. The van der Waals surface area contributed by atoms with Gasteiger partial charge in [-0.3, -0.25) is 4.79 Å². The van der Waals surface area contributed by atoms with E-state index in [2.05, 4.69) is 9.88 Å². The van der Waals surface area contributed by atoms with Crippen molar-refractivity contribution in [3.05, 3.63) is 54.1 Å². The Morgan fingerprint density at radius 2 is 1.68 bits per heavy atom. The summed E-state index contributed by atoms with van der Waals surface area (Å²) in [7, 11) is 1.36. The zero-order valence-corrected chi connectivity index (χ0v) is 24.4. The molecule has 5 rings (SSSR count). The number of halogens is 1. The van der Waals surface area contributed by atoms with Crippen LogP contribution >= 0.6 is 0 Å². The van der Waals surface area contributed by atoms with Crippen molar-refractivity contribution in [1.29, 1.82) is 0 Å². The summed E-state index contributed by atoms with van der Waals surface area (Å²) in [5, 5.41) is 3.34. The molecule has 3 aromatic rings. The minimum Gasteiger partial charge on any atom is -1.00 e. The number of benzene rings is 2. The van der Waals surface area contributed by atoms with Crippen LogP contribution in [-0.2, 0) is 14.3 Å². The zero-order valence-electron chi connectivity index (χ0n) is 24.7. The van der Waals surface area contributed by atoms with Crippen LogP contribution in [0.1, 0.15) is 69.7 Å². The number of esters is 1. The molecule has 2 aliphatic rings. The number of hydrogen-bond donors (Lipinski definition) is 1. The third-order valence-electron chi connectivity index (χ3n) is 8.17. The van der Waals surface area contributed by atoms with E-state index in [1.54, 1.807) is 24.0 Å². The van der Waals surface area contributed by atoms with E-state index in [-0.39, 0.29) is 37.8 Å². The van der Waals surface area contributed by atoms with E-state index in [9.17, 15) is 14.4 Å². The van der Waals surface area contributed by atoms with Crippen molar-refractivity contribution in [3.63, 3.8) is 0 Å². The van der Waals surface area contributed by atoms with Gasteiger partial charge in [0.05, 0.1) is 30.3 Å². The number of nitrogens with one attached hydrogen (secondary N) is 1. The first kappa shape index (κ1) is 30.4. The molecule has 2 amide bonds. The Kier molecular flexibility index (Phi) is 10.3. The van der Waals surface area contributed by atoms with Gasteiger partial charge in [-0.2, -0.15) is 0 Å². The average Bonchev–Trinajstić information content (AvgIpc) is 3.37. The number of methoxy groups -OCH3 is 1. The van der Waals surface area contributed by atoms with Gasteiger partial charge >= 0.3 is 13.5 Å². The first-order chi connectivity index (χ1) is 19.5. The highest BCUT2D eigenvalue weighted by Gasteiger charge is 2.36. The van der Waals surface area contributed by atoms with Gasteiger partial charge in [0.1, 0.15) is 11.9 Å². The van der Waals surface area contributed by atoms with Gasteiger partial charge in [0.2, 0.25) is 5.91 Å². The molecule has 1 saturated carbocycles. The van der Waals surface area contributed by atoms with Gasteiger partial charge in [-0.05, 0) is 62.8 Å². The molecule has 1 unspecified atom stereocenters. The summed E-state index contributed by atoms with van der Waals surface area (Å²) < 4.78 is 12.1. The average molecular weight is 583 g/mol. The second kappa shape index (κ2) is 13.9. The highest BCUT2D eigenvalue weighted by molar-refractivity contribution is 5.91. The lowest BCUT2D eigenvalue weighted by atomic mass is 9.83. The number of carbonyl (C=O) groups excluding carboxylic acids is 3. The Balaban J connectivity index is 0.00000242. The zero-order chi connectivity index (χ0) is 28.1. The molecular weight excluding hydrogens is 544 g/mol. The monoisotopic (exact) mass is 582 g/mol. The van der Waals surface area contributed by atoms with Crippen molar-refractivity contribution in [2.75, 3.05) is 26.8 Å². The molecule has 220 valence electrons. The van der Waals surface area contributed by atoms with Crippen molar-refractivity contribution in [3.8, 4) is 11.4 Å². The maximum absolute atomic E-state index is 14.2. The van der Waals surface area contributed by atoms with E-state index >= 15 is 0 Å². The van der Waals surface area contributed by atoms with E-state index in [1.807, 2.05) is 36.4 Å². The molecule has 1 saturated heterocycles. The molecule has 0 bridgehead atoms. The molecule has 9 nitrogen and oxygen atoms in total. The van der Waals surface area contributed by atoms with Crippen LogP contribution in [0.15, 0.2) is 48.5 Å². The normalized spacial score (nSPS) is 17.0. The first-order valence-corrected chi connectivity index (χ1v) is 14.4. The molecule has 1 aliphatic carbocycles. The Labute approximate surface area is 248 Å². The fourth-order valence-corrected chi connectivity index (χ4v) is 6.10. The Morgan fingerprint density at radius 3 is 2.34 bits per heavy atom. The van der Waals surface area contributed by atoms with Gasteiger partial charge in [-0.15, -0.1) is 0 Å². The van der Waals surface area contributed by atoms with Crippen LogP contribution in [0.4, 0.5) is 4.79 Å². The summed E-state index contributed by atoms with van der Waals surface area (Å²) in [5.41, 5.74) is 3.04. The number of para-hydroxylation sites is 2. The number of imidazole rings is 1. The summed E-state index contributed by atoms with van der Waals surface area (Å²) in [6, 6.07) is 14.7. The molecule has 2 fully saturated rings. The molecular formula is C31H39ClN4O5. The predicted molar refractivity (Wildman–Crippen MR) is 153 cm³/mol. The number of ether oxygens (including phenoxy) is 2. The van der Waals surface area contributed by atoms with Crippen molar-refractivity contribution in [1.82, 2.24) is 19.8 Å². The van der Waals surface area contributed by atoms with Crippen LogP contribution in [0.5, 0.6) is 0 Å². The molecule has 1 atom stereocenters. The quantitative estimate of drug-likeness (QED) is 0.429. The number of rotatable bonds is 7.